The minimum Gasteiger partial charge on any atom is -0.351 e. The zero-order chi connectivity index (χ0) is 18.5. The van der Waals surface area contributed by atoms with Crippen molar-refractivity contribution in [3.8, 4) is 0 Å². The highest BCUT2D eigenvalue weighted by molar-refractivity contribution is 6.30. The van der Waals surface area contributed by atoms with E-state index in [-0.39, 0.29) is 17.6 Å². The highest BCUT2D eigenvalue weighted by Gasteiger charge is 2.21. The SMILES string of the molecule is CCCCNC(=O)c1c(NC(=O)c2ccc(Cl)cc2)nc2ccccn12. The van der Waals surface area contributed by atoms with Crippen molar-refractivity contribution in [2.45, 2.75) is 19.8 Å². The summed E-state index contributed by atoms with van der Waals surface area (Å²) in [6, 6.07) is 11.9. The fraction of sp³-hybridized carbons (Fsp3) is 0.211. The number of carbonyl (C=O) groups is 2. The summed E-state index contributed by atoms with van der Waals surface area (Å²) >= 11 is 5.86. The summed E-state index contributed by atoms with van der Waals surface area (Å²) in [7, 11) is 0. The van der Waals surface area contributed by atoms with Gasteiger partial charge in [-0.3, -0.25) is 14.0 Å². The van der Waals surface area contributed by atoms with E-state index in [1.165, 1.54) is 0 Å². The van der Waals surface area contributed by atoms with Crippen LogP contribution in [0, 0.1) is 0 Å². The normalized spacial score (nSPS) is 10.7. The predicted octanol–water partition coefficient (Wildman–Crippen LogP) is 3.77. The summed E-state index contributed by atoms with van der Waals surface area (Å²) in [4.78, 5) is 29.5. The van der Waals surface area contributed by atoms with Crippen LogP contribution >= 0.6 is 11.6 Å². The lowest BCUT2D eigenvalue weighted by atomic mass is 10.2. The Morgan fingerprint density at radius 2 is 1.88 bits per heavy atom. The number of hydrogen-bond donors (Lipinski definition) is 2. The average Bonchev–Trinajstić information content (AvgIpc) is 3.00. The smallest absolute Gasteiger partial charge is 0.272 e. The maximum Gasteiger partial charge on any atom is 0.272 e. The number of rotatable bonds is 6. The zero-order valence-electron chi connectivity index (χ0n) is 14.3. The number of nitrogens with zero attached hydrogens (tertiary/aromatic N) is 2. The zero-order valence-corrected chi connectivity index (χ0v) is 15.1. The van der Waals surface area contributed by atoms with Crippen LogP contribution in [0.15, 0.2) is 48.7 Å². The molecule has 2 N–H and O–H groups in total. The Bertz CT molecular complexity index is 934. The number of imidazole rings is 1. The van der Waals surface area contributed by atoms with Crippen LogP contribution in [0.3, 0.4) is 0 Å². The molecule has 2 aromatic heterocycles. The number of unbranched alkanes of at least 4 members (excludes halogenated alkanes) is 1. The fourth-order valence-corrected chi connectivity index (χ4v) is 2.67. The number of pyridine rings is 1. The monoisotopic (exact) mass is 370 g/mol. The molecule has 2 amide bonds. The molecule has 0 fully saturated rings. The number of fused-ring (bicyclic) bond motifs is 1. The second-order valence-corrected chi connectivity index (χ2v) is 6.24. The molecular weight excluding hydrogens is 352 g/mol. The van der Waals surface area contributed by atoms with Crippen LogP contribution in [-0.2, 0) is 0 Å². The molecule has 1 aromatic carbocycles. The molecule has 7 heteroatoms. The van der Waals surface area contributed by atoms with E-state index in [4.69, 9.17) is 11.6 Å². The Kier molecular flexibility index (Phi) is 5.53. The highest BCUT2D eigenvalue weighted by Crippen LogP contribution is 2.19. The second-order valence-electron chi connectivity index (χ2n) is 5.81. The third-order valence-corrected chi connectivity index (χ3v) is 4.15. The molecule has 2 heterocycles. The van der Waals surface area contributed by atoms with Crippen molar-refractivity contribution in [3.63, 3.8) is 0 Å². The third-order valence-electron chi connectivity index (χ3n) is 3.90. The maximum atomic E-state index is 12.6. The minimum atomic E-state index is -0.354. The van der Waals surface area contributed by atoms with Gasteiger partial charge in [0.15, 0.2) is 11.5 Å². The quantitative estimate of drug-likeness (QED) is 0.648. The summed E-state index contributed by atoms with van der Waals surface area (Å²) in [5.41, 5.74) is 1.32. The number of benzene rings is 1. The molecule has 26 heavy (non-hydrogen) atoms. The van der Waals surface area contributed by atoms with E-state index in [1.807, 2.05) is 12.1 Å². The van der Waals surface area contributed by atoms with Crippen LogP contribution in [0.1, 0.15) is 40.6 Å². The van der Waals surface area contributed by atoms with E-state index in [0.717, 1.165) is 12.8 Å². The fourth-order valence-electron chi connectivity index (χ4n) is 2.54. The number of amides is 2. The first-order valence-corrected chi connectivity index (χ1v) is 8.80. The van der Waals surface area contributed by atoms with Crippen LogP contribution in [0.5, 0.6) is 0 Å². The average molecular weight is 371 g/mol. The van der Waals surface area contributed by atoms with Gasteiger partial charge in [0, 0.05) is 23.3 Å². The van der Waals surface area contributed by atoms with E-state index >= 15 is 0 Å². The van der Waals surface area contributed by atoms with Crippen LogP contribution in [0.25, 0.3) is 5.65 Å². The van der Waals surface area contributed by atoms with Crippen LogP contribution in [0.2, 0.25) is 5.02 Å². The summed E-state index contributed by atoms with van der Waals surface area (Å²) in [6.07, 6.45) is 3.61. The first-order valence-electron chi connectivity index (χ1n) is 8.42. The number of anilines is 1. The molecule has 0 saturated heterocycles. The lowest BCUT2D eigenvalue weighted by molar-refractivity contribution is 0.0948. The van der Waals surface area contributed by atoms with Gasteiger partial charge in [0.2, 0.25) is 0 Å². The molecule has 0 bridgehead atoms. The summed E-state index contributed by atoms with van der Waals surface area (Å²) in [5, 5.41) is 6.15. The molecule has 3 aromatic rings. The van der Waals surface area contributed by atoms with Crippen LogP contribution < -0.4 is 10.6 Å². The predicted molar refractivity (Wildman–Crippen MR) is 102 cm³/mol. The first kappa shape index (κ1) is 17.9. The van der Waals surface area contributed by atoms with E-state index in [0.29, 0.717) is 28.5 Å². The van der Waals surface area contributed by atoms with Crippen molar-refractivity contribution in [2.75, 3.05) is 11.9 Å². The van der Waals surface area contributed by atoms with Gasteiger partial charge >= 0.3 is 0 Å². The Balaban J connectivity index is 1.91. The van der Waals surface area contributed by atoms with E-state index in [2.05, 4.69) is 22.5 Å². The van der Waals surface area contributed by atoms with Gasteiger partial charge in [-0.1, -0.05) is 31.0 Å². The van der Waals surface area contributed by atoms with Gasteiger partial charge in [-0.15, -0.1) is 0 Å². The van der Waals surface area contributed by atoms with Crippen molar-refractivity contribution < 1.29 is 9.59 Å². The number of halogens is 1. The van der Waals surface area contributed by atoms with E-state index in [1.54, 1.807) is 40.9 Å². The number of carbonyl (C=O) groups excluding carboxylic acids is 2. The Labute approximate surface area is 156 Å². The molecule has 0 unspecified atom stereocenters. The van der Waals surface area contributed by atoms with Gasteiger partial charge in [-0.05, 0) is 42.8 Å². The minimum absolute atomic E-state index is 0.227. The molecule has 134 valence electrons. The Morgan fingerprint density at radius 3 is 2.62 bits per heavy atom. The summed E-state index contributed by atoms with van der Waals surface area (Å²) in [5.74, 6) is -0.401. The molecule has 0 atom stereocenters. The van der Waals surface area contributed by atoms with E-state index in [9.17, 15) is 9.59 Å². The molecule has 0 saturated carbocycles. The van der Waals surface area contributed by atoms with Crippen molar-refractivity contribution in [2.24, 2.45) is 0 Å². The second kappa shape index (κ2) is 8.01. The molecule has 0 aliphatic carbocycles. The van der Waals surface area contributed by atoms with Crippen molar-refractivity contribution in [3.05, 3.63) is 64.9 Å². The van der Waals surface area contributed by atoms with Crippen LogP contribution in [-0.4, -0.2) is 27.7 Å². The molecule has 0 spiro atoms. The molecule has 0 aliphatic heterocycles. The van der Waals surface area contributed by atoms with Gasteiger partial charge in [-0.25, -0.2) is 4.98 Å². The molecule has 3 rings (SSSR count). The van der Waals surface area contributed by atoms with Gasteiger partial charge in [0.1, 0.15) is 5.65 Å². The number of nitrogens with one attached hydrogen (secondary N) is 2. The molecule has 0 radical (unpaired) electrons. The standard InChI is InChI=1S/C19H19ClN4O2/c1-2-3-11-21-19(26)16-17(22-15-6-4-5-12-24(15)16)23-18(25)13-7-9-14(20)10-8-13/h4-10,12H,2-3,11H2,1H3,(H,21,26)(H,23,25). The van der Waals surface area contributed by atoms with Crippen LogP contribution in [0.4, 0.5) is 5.82 Å². The van der Waals surface area contributed by atoms with Crippen molar-refractivity contribution in [1.29, 1.82) is 0 Å². The van der Waals surface area contributed by atoms with Gasteiger partial charge in [0.25, 0.3) is 11.8 Å². The summed E-state index contributed by atoms with van der Waals surface area (Å²) in [6.45, 7) is 2.62. The third kappa shape index (κ3) is 3.86. The van der Waals surface area contributed by atoms with Gasteiger partial charge in [-0.2, -0.15) is 0 Å². The lowest BCUT2D eigenvalue weighted by Crippen LogP contribution is -2.27. The van der Waals surface area contributed by atoms with Gasteiger partial charge in [0.05, 0.1) is 0 Å². The van der Waals surface area contributed by atoms with Crippen molar-refractivity contribution in [1.82, 2.24) is 14.7 Å². The highest BCUT2D eigenvalue weighted by atomic mass is 35.5. The Morgan fingerprint density at radius 1 is 1.12 bits per heavy atom. The molecule has 6 nitrogen and oxygen atoms in total. The molecule has 0 aliphatic rings. The lowest BCUT2D eigenvalue weighted by Gasteiger charge is -2.08. The Hall–Kier alpha value is -2.86. The molecular formula is C19H19ClN4O2. The maximum absolute atomic E-state index is 12.6. The van der Waals surface area contributed by atoms with Gasteiger partial charge < -0.3 is 10.6 Å². The largest absolute Gasteiger partial charge is 0.351 e. The summed E-state index contributed by atoms with van der Waals surface area (Å²) < 4.78 is 1.67. The topological polar surface area (TPSA) is 75.5 Å². The number of hydrogen-bond acceptors (Lipinski definition) is 3. The first-order chi connectivity index (χ1) is 12.6. The van der Waals surface area contributed by atoms with E-state index < -0.39 is 0 Å². The van der Waals surface area contributed by atoms with Crippen molar-refractivity contribution >= 4 is 34.9 Å². The number of aromatic nitrogens is 2.